The molecule has 1 saturated carbocycles. The predicted octanol–water partition coefficient (Wildman–Crippen LogP) is 4.59. The maximum absolute atomic E-state index is 4.56. The molecule has 3 heteroatoms. The average Bonchev–Trinajstić information content (AvgIpc) is 2.76. The van der Waals surface area contributed by atoms with Gasteiger partial charge in [-0.1, -0.05) is 56.0 Å². The lowest BCUT2D eigenvalue weighted by molar-refractivity contribution is 0.617. The highest BCUT2D eigenvalue weighted by molar-refractivity contribution is 5.62. The van der Waals surface area contributed by atoms with Gasteiger partial charge in [0.05, 0.1) is 5.69 Å². The highest BCUT2D eigenvalue weighted by Gasteiger charge is 2.13. The van der Waals surface area contributed by atoms with Crippen LogP contribution in [0.1, 0.15) is 44.3 Å². The van der Waals surface area contributed by atoms with Crippen LogP contribution in [0.4, 0.5) is 5.82 Å². The molecule has 0 spiro atoms. The van der Waals surface area contributed by atoms with Crippen LogP contribution in [0.2, 0.25) is 0 Å². The van der Waals surface area contributed by atoms with Gasteiger partial charge in [0.25, 0.3) is 0 Å². The Balaban J connectivity index is 1.81. The van der Waals surface area contributed by atoms with E-state index in [1.165, 1.54) is 38.5 Å². The van der Waals surface area contributed by atoms with Gasteiger partial charge in [-0.25, -0.2) is 9.97 Å². The van der Waals surface area contributed by atoms with E-state index in [0.29, 0.717) is 6.04 Å². The zero-order chi connectivity index (χ0) is 14.5. The van der Waals surface area contributed by atoms with E-state index in [2.05, 4.69) is 33.5 Å². The number of hydrogen-bond acceptors (Lipinski definition) is 3. The average molecular weight is 281 g/mol. The highest BCUT2D eigenvalue weighted by atomic mass is 15.0. The van der Waals surface area contributed by atoms with Gasteiger partial charge in [-0.2, -0.15) is 0 Å². The number of aryl methyl sites for hydroxylation is 1. The fourth-order valence-corrected chi connectivity index (χ4v) is 3.03. The summed E-state index contributed by atoms with van der Waals surface area (Å²) >= 11 is 0. The number of anilines is 1. The van der Waals surface area contributed by atoms with Crippen LogP contribution < -0.4 is 5.32 Å². The molecule has 3 nitrogen and oxygen atoms in total. The van der Waals surface area contributed by atoms with Crippen molar-refractivity contribution in [1.82, 2.24) is 9.97 Å². The van der Waals surface area contributed by atoms with Crippen molar-refractivity contribution in [2.75, 3.05) is 5.32 Å². The lowest BCUT2D eigenvalue weighted by atomic mass is 10.1. The number of rotatable bonds is 3. The second-order valence-corrected chi connectivity index (χ2v) is 5.88. The minimum Gasteiger partial charge on any atom is -0.367 e. The first kappa shape index (κ1) is 14.1. The van der Waals surface area contributed by atoms with Crippen molar-refractivity contribution in [2.24, 2.45) is 0 Å². The Kier molecular flexibility index (Phi) is 4.49. The third-order valence-corrected chi connectivity index (χ3v) is 4.11. The number of benzene rings is 1. The molecule has 1 aromatic heterocycles. The summed E-state index contributed by atoms with van der Waals surface area (Å²) in [6, 6.07) is 12.9. The number of nitrogens with zero attached hydrogens (tertiary/aromatic N) is 2. The first-order valence-electron chi connectivity index (χ1n) is 7.99. The zero-order valence-electron chi connectivity index (χ0n) is 12.7. The van der Waals surface area contributed by atoms with Gasteiger partial charge in [-0.05, 0) is 19.8 Å². The van der Waals surface area contributed by atoms with E-state index in [0.717, 1.165) is 22.9 Å². The first-order chi connectivity index (χ1) is 10.3. The van der Waals surface area contributed by atoms with Crippen LogP contribution in [0.3, 0.4) is 0 Å². The molecule has 0 radical (unpaired) electrons. The summed E-state index contributed by atoms with van der Waals surface area (Å²) in [4.78, 5) is 9.13. The van der Waals surface area contributed by atoms with Crippen molar-refractivity contribution in [2.45, 2.75) is 51.5 Å². The van der Waals surface area contributed by atoms with Crippen molar-refractivity contribution in [3.8, 4) is 11.3 Å². The summed E-state index contributed by atoms with van der Waals surface area (Å²) in [5.74, 6) is 1.79. The molecule has 1 aliphatic rings. The van der Waals surface area contributed by atoms with Crippen LogP contribution in [-0.4, -0.2) is 16.0 Å². The van der Waals surface area contributed by atoms with E-state index in [1.54, 1.807) is 0 Å². The number of aromatic nitrogens is 2. The molecular weight excluding hydrogens is 258 g/mol. The third kappa shape index (κ3) is 3.81. The summed E-state index contributed by atoms with van der Waals surface area (Å²) < 4.78 is 0. The molecule has 0 bridgehead atoms. The van der Waals surface area contributed by atoms with Crippen molar-refractivity contribution in [3.05, 3.63) is 42.2 Å². The van der Waals surface area contributed by atoms with Crippen molar-refractivity contribution < 1.29 is 0 Å². The van der Waals surface area contributed by atoms with Gasteiger partial charge in [0, 0.05) is 17.7 Å². The van der Waals surface area contributed by atoms with Crippen LogP contribution in [-0.2, 0) is 0 Å². The normalized spacial score (nSPS) is 16.4. The number of nitrogens with one attached hydrogen (secondary N) is 1. The Bertz CT molecular complexity index is 572. The van der Waals surface area contributed by atoms with Gasteiger partial charge in [-0.3, -0.25) is 0 Å². The number of hydrogen-bond donors (Lipinski definition) is 1. The predicted molar refractivity (Wildman–Crippen MR) is 87.3 cm³/mol. The van der Waals surface area contributed by atoms with E-state index in [-0.39, 0.29) is 0 Å². The van der Waals surface area contributed by atoms with Gasteiger partial charge in [0.2, 0.25) is 0 Å². The third-order valence-electron chi connectivity index (χ3n) is 4.11. The van der Waals surface area contributed by atoms with Crippen LogP contribution in [0, 0.1) is 6.92 Å². The standard InChI is InChI=1S/C18H23N3/c1-14-19-17(15-9-5-4-6-10-15)13-18(20-14)21-16-11-7-2-3-8-12-16/h4-6,9-10,13,16H,2-3,7-8,11-12H2,1H3,(H,19,20,21). The monoisotopic (exact) mass is 281 g/mol. The fraction of sp³-hybridized carbons (Fsp3) is 0.444. The molecule has 2 aromatic rings. The Labute approximate surface area is 126 Å². The molecule has 0 unspecified atom stereocenters. The summed E-state index contributed by atoms with van der Waals surface area (Å²) in [7, 11) is 0. The lowest BCUT2D eigenvalue weighted by Crippen LogP contribution is -2.19. The largest absolute Gasteiger partial charge is 0.367 e. The quantitative estimate of drug-likeness (QED) is 0.836. The van der Waals surface area contributed by atoms with E-state index < -0.39 is 0 Å². The van der Waals surface area contributed by atoms with Crippen molar-refractivity contribution in [3.63, 3.8) is 0 Å². The SMILES string of the molecule is Cc1nc(NC2CCCCCC2)cc(-c2ccccc2)n1. The Morgan fingerprint density at radius 2 is 1.67 bits per heavy atom. The second kappa shape index (κ2) is 6.70. The highest BCUT2D eigenvalue weighted by Crippen LogP contribution is 2.23. The molecule has 1 fully saturated rings. The molecule has 1 N–H and O–H groups in total. The fourth-order valence-electron chi connectivity index (χ4n) is 3.03. The van der Waals surface area contributed by atoms with Crippen molar-refractivity contribution >= 4 is 5.82 Å². The minimum atomic E-state index is 0.561. The zero-order valence-corrected chi connectivity index (χ0v) is 12.7. The summed E-state index contributed by atoms with van der Waals surface area (Å²) in [6.07, 6.45) is 7.90. The molecule has 0 atom stereocenters. The van der Waals surface area contributed by atoms with Crippen LogP contribution >= 0.6 is 0 Å². The Morgan fingerprint density at radius 3 is 2.38 bits per heavy atom. The van der Waals surface area contributed by atoms with Crippen LogP contribution in [0.15, 0.2) is 36.4 Å². The molecule has 1 aliphatic carbocycles. The maximum Gasteiger partial charge on any atom is 0.130 e. The van der Waals surface area contributed by atoms with Gasteiger partial charge in [0.15, 0.2) is 0 Å². The summed E-state index contributed by atoms with van der Waals surface area (Å²) in [5.41, 5.74) is 2.14. The molecule has 110 valence electrons. The van der Waals surface area contributed by atoms with Gasteiger partial charge < -0.3 is 5.32 Å². The molecule has 1 aromatic carbocycles. The van der Waals surface area contributed by atoms with E-state index in [1.807, 2.05) is 25.1 Å². The van der Waals surface area contributed by atoms with Gasteiger partial charge in [0.1, 0.15) is 11.6 Å². The van der Waals surface area contributed by atoms with Gasteiger partial charge >= 0.3 is 0 Å². The second-order valence-electron chi connectivity index (χ2n) is 5.88. The first-order valence-corrected chi connectivity index (χ1v) is 7.99. The molecule has 1 heterocycles. The van der Waals surface area contributed by atoms with Crippen LogP contribution in [0.5, 0.6) is 0 Å². The van der Waals surface area contributed by atoms with Gasteiger partial charge in [-0.15, -0.1) is 0 Å². The van der Waals surface area contributed by atoms with Crippen molar-refractivity contribution in [1.29, 1.82) is 0 Å². The molecule has 0 aliphatic heterocycles. The van der Waals surface area contributed by atoms with E-state index in [4.69, 9.17) is 0 Å². The molecular formula is C18H23N3. The molecule has 0 amide bonds. The Morgan fingerprint density at radius 1 is 0.952 bits per heavy atom. The molecule has 3 rings (SSSR count). The Hall–Kier alpha value is -1.90. The van der Waals surface area contributed by atoms with E-state index >= 15 is 0 Å². The lowest BCUT2D eigenvalue weighted by Gasteiger charge is -2.17. The molecule has 21 heavy (non-hydrogen) atoms. The van der Waals surface area contributed by atoms with E-state index in [9.17, 15) is 0 Å². The maximum atomic E-state index is 4.56. The van der Waals surface area contributed by atoms with Crippen LogP contribution in [0.25, 0.3) is 11.3 Å². The topological polar surface area (TPSA) is 37.8 Å². The minimum absolute atomic E-state index is 0.561. The summed E-state index contributed by atoms with van der Waals surface area (Å²) in [5, 5.41) is 3.62. The molecule has 0 saturated heterocycles. The smallest absolute Gasteiger partial charge is 0.130 e. The summed E-state index contributed by atoms with van der Waals surface area (Å²) in [6.45, 7) is 1.96.